The van der Waals surface area contributed by atoms with Gasteiger partial charge < -0.3 is 5.32 Å². The summed E-state index contributed by atoms with van der Waals surface area (Å²) in [6.07, 6.45) is 5.94. The molecule has 0 aromatic heterocycles. The Bertz CT molecular complexity index is 374. The number of Topliss-reactive ketones (excluding diaryl/α,β-unsaturated/α-hetero) is 1. The van der Waals surface area contributed by atoms with Crippen molar-refractivity contribution >= 4 is 11.5 Å². The van der Waals surface area contributed by atoms with Crippen molar-refractivity contribution in [3.8, 4) is 0 Å². The van der Waals surface area contributed by atoms with Gasteiger partial charge >= 0.3 is 0 Å². The van der Waals surface area contributed by atoms with Gasteiger partial charge in [0.25, 0.3) is 0 Å². The van der Waals surface area contributed by atoms with Gasteiger partial charge in [-0.25, -0.2) is 0 Å². The molecule has 1 aliphatic carbocycles. The molecule has 98 valence electrons. The third-order valence-corrected chi connectivity index (χ3v) is 4.06. The first-order valence-electron chi connectivity index (χ1n) is 7.11. The Morgan fingerprint density at radius 1 is 1.28 bits per heavy atom. The number of hydrogen-bond acceptors (Lipinski definition) is 2. The molecule has 1 aromatic rings. The summed E-state index contributed by atoms with van der Waals surface area (Å²) >= 11 is 0. The van der Waals surface area contributed by atoms with Gasteiger partial charge in [-0.05, 0) is 30.9 Å². The van der Waals surface area contributed by atoms with Gasteiger partial charge in [-0.2, -0.15) is 0 Å². The zero-order valence-electron chi connectivity index (χ0n) is 11.2. The number of rotatable bonds is 5. The number of hydrogen-bond donors (Lipinski definition) is 1. The van der Waals surface area contributed by atoms with Gasteiger partial charge in [0.1, 0.15) is 0 Å². The van der Waals surface area contributed by atoms with Gasteiger partial charge in [0, 0.05) is 11.6 Å². The van der Waals surface area contributed by atoms with Crippen LogP contribution in [0.3, 0.4) is 0 Å². The fraction of sp³-hybridized carbons (Fsp3) is 0.562. The molecule has 0 saturated heterocycles. The fourth-order valence-corrected chi connectivity index (χ4v) is 2.84. The molecule has 1 aromatic carbocycles. The minimum absolute atomic E-state index is 0.292. The molecule has 2 rings (SSSR count). The highest BCUT2D eigenvalue weighted by molar-refractivity contribution is 5.85. The average Bonchev–Trinajstić information content (AvgIpc) is 2.46. The van der Waals surface area contributed by atoms with Crippen molar-refractivity contribution in [1.82, 2.24) is 0 Å². The standard InChI is InChI=1S/C16H23NO/c1-2-13-7-6-8-14(11-13)16(18)12-17-15-9-4-3-5-10-15/h3-5,9-10,13-14,17H,2,6-8,11-12H2,1H3. The first-order chi connectivity index (χ1) is 8.79. The van der Waals surface area contributed by atoms with Crippen molar-refractivity contribution < 1.29 is 4.79 Å². The van der Waals surface area contributed by atoms with Crippen LogP contribution in [0.25, 0.3) is 0 Å². The molecule has 0 aliphatic heterocycles. The quantitative estimate of drug-likeness (QED) is 0.852. The van der Waals surface area contributed by atoms with Crippen molar-refractivity contribution in [3.63, 3.8) is 0 Å². The van der Waals surface area contributed by atoms with Gasteiger partial charge in [0.15, 0.2) is 5.78 Å². The van der Waals surface area contributed by atoms with Crippen molar-refractivity contribution in [2.24, 2.45) is 11.8 Å². The number of benzene rings is 1. The molecule has 1 fully saturated rings. The van der Waals surface area contributed by atoms with Gasteiger partial charge in [-0.3, -0.25) is 4.79 Å². The van der Waals surface area contributed by atoms with Crippen molar-refractivity contribution in [1.29, 1.82) is 0 Å². The molecule has 2 atom stereocenters. The van der Waals surface area contributed by atoms with Crippen molar-refractivity contribution in [2.45, 2.75) is 39.0 Å². The minimum atomic E-state index is 0.292. The van der Waals surface area contributed by atoms with Crippen LogP contribution in [0.5, 0.6) is 0 Å². The predicted octanol–water partition coefficient (Wildman–Crippen LogP) is 3.88. The zero-order valence-corrected chi connectivity index (χ0v) is 11.2. The lowest BCUT2D eigenvalue weighted by Crippen LogP contribution is -2.27. The lowest BCUT2D eigenvalue weighted by atomic mass is 9.78. The molecule has 0 spiro atoms. The Morgan fingerprint density at radius 3 is 2.78 bits per heavy atom. The smallest absolute Gasteiger partial charge is 0.154 e. The van der Waals surface area contributed by atoms with Gasteiger partial charge in [-0.1, -0.05) is 44.4 Å². The van der Waals surface area contributed by atoms with Crippen molar-refractivity contribution in [2.75, 3.05) is 11.9 Å². The second-order valence-corrected chi connectivity index (χ2v) is 5.32. The summed E-state index contributed by atoms with van der Waals surface area (Å²) in [6, 6.07) is 9.97. The van der Waals surface area contributed by atoms with Crippen LogP contribution in [-0.2, 0) is 4.79 Å². The second kappa shape index (κ2) is 6.58. The Kier molecular flexibility index (Phi) is 4.80. The Balaban J connectivity index is 1.81. The maximum atomic E-state index is 12.2. The summed E-state index contributed by atoms with van der Waals surface area (Å²) in [5.41, 5.74) is 1.04. The van der Waals surface area contributed by atoms with E-state index in [-0.39, 0.29) is 0 Å². The molecule has 2 heteroatoms. The summed E-state index contributed by atoms with van der Waals surface area (Å²) in [6.45, 7) is 2.71. The van der Waals surface area contributed by atoms with E-state index in [4.69, 9.17) is 0 Å². The molecule has 0 bridgehead atoms. The van der Waals surface area contributed by atoms with Crippen LogP contribution in [0, 0.1) is 11.8 Å². The Morgan fingerprint density at radius 2 is 2.06 bits per heavy atom. The largest absolute Gasteiger partial charge is 0.378 e. The fourth-order valence-electron chi connectivity index (χ4n) is 2.84. The van der Waals surface area contributed by atoms with Crippen LogP contribution in [0.4, 0.5) is 5.69 Å². The highest BCUT2D eigenvalue weighted by Gasteiger charge is 2.25. The van der Waals surface area contributed by atoms with Crippen LogP contribution in [0.15, 0.2) is 30.3 Å². The molecule has 0 amide bonds. The molecular formula is C16H23NO. The van der Waals surface area contributed by atoms with E-state index in [0.717, 1.165) is 24.4 Å². The summed E-state index contributed by atoms with van der Waals surface area (Å²) in [5, 5.41) is 3.23. The van der Waals surface area contributed by atoms with E-state index < -0.39 is 0 Å². The molecular weight excluding hydrogens is 222 g/mol. The van der Waals surface area contributed by atoms with Crippen LogP contribution >= 0.6 is 0 Å². The topological polar surface area (TPSA) is 29.1 Å². The van der Waals surface area contributed by atoms with Gasteiger partial charge in [-0.15, -0.1) is 0 Å². The lowest BCUT2D eigenvalue weighted by molar-refractivity contribution is -0.122. The first-order valence-corrected chi connectivity index (χ1v) is 7.11. The highest BCUT2D eigenvalue weighted by Crippen LogP contribution is 2.31. The van der Waals surface area contributed by atoms with Crippen LogP contribution in [-0.4, -0.2) is 12.3 Å². The number of carbonyl (C=O) groups excluding carboxylic acids is 1. The molecule has 1 N–H and O–H groups in total. The Labute approximate surface area is 110 Å². The van der Waals surface area contributed by atoms with E-state index in [2.05, 4.69) is 12.2 Å². The molecule has 2 nitrogen and oxygen atoms in total. The third kappa shape index (κ3) is 3.59. The van der Waals surface area contributed by atoms with E-state index in [1.54, 1.807) is 0 Å². The number of nitrogens with one attached hydrogen (secondary N) is 1. The summed E-state index contributed by atoms with van der Waals surface area (Å²) < 4.78 is 0. The molecule has 1 aliphatic rings. The highest BCUT2D eigenvalue weighted by atomic mass is 16.1. The van der Waals surface area contributed by atoms with Crippen LogP contribution in [0.2, 0.25) is 0 Å². The number of ketones is 1. The maximum Gasteiger partial charge on any atom is 0.154 e. The maximum absolute atomic E-state index is 12.2. The lowest BCUT2D eigenvalue weighted by Gasteiger charge is -2.27. The predicted molar refractivity (Wildman–Crippen MR) is 75.7 cm³/mol. The van der Waals surface area contributed by atoms with Crippen LogP contribution in [0.1, 0.15) is 39.0 Å². The molecule has 0 heterocycles. The second-order valence-electron chi connectivity index (χ2n) is 5.32. The summed E-state index contributed by atoms with van der Waals surface area (Å²) in [7, 11) is 0. The summed E-state index contributed by atoms with van der Waals surface area (Å²) in [4.78, 5) is 12.2. The molecule has 18 heavy (non-hydrogen) atoms. The van der Waals surface area contributed by atoms with E-state index >= 15 is 0 Å². The van der Waals surface area contributed by atoms with E-state index in [1.165, 1.54) is 19.3 Å². The number of carbonyl (C=O) groups is 1. The van der Waals surface area contributed by atoms with E-state index in [1.807, 2.05) is 30.3 Å². The van der Waals surface area contributed by atoms with Gasteiger partial charge in [0.2, 0.25) is 0 Å². The normalized spacial score (nSPS) is 23.6. The third-order valence-electron chi connectivity index (χ3n) is 4.06. The summed E-state index contributed by atoms with van der Waals surface area (Å²) in [5.74, 6) is 1.45. The number of para-hydroxylation sites is 1. The number of anilines is 1. The molecule has 2 unspecified atom stereocenters. The monoisotopic (exact) mass is 245 g/mol. The van der Waals surface area contributed by atoms with E-state index in [9.17, 15) is 4.79 Å². The average molecular weight is 245 g/mol. The van der Waals surface area contributed by atoms with E-state index in [0.29, 0.717) is 18.2 Å². The Hall–Kier alpha value is -1.31. The van der Waals surface area contributed by atoms with Gasteiger partial charge in [0.05, 0.1) is 6.54 Å². The van der Waals surface area contributed by atoms with Crippen LogP contribution < -0.4 is 5.32 Å². The molecule has 1 saturated carbocycles. The minimum Gasteiger partial charge on any atom is -0.378 e. The molecule has 0 radical (unpaired) electrons. The SMILES string of the molecule is CCC1CCCC(C(=O)CNc2ccccc2)C1. The van der Waals surface area contributed by atoms with Crippen molar-refractivity contribution in [3.05, 3.63) is 30.3 Å². The zero-order chi connectivity index (χ0) is 12.8. The first kappa shape index (κ1) is 13.1.